The average Bonchev–Trinajstić information content (AvgIpc) is 2.62. The Balaban J connectivity index is 2.42. The zero-order valence-corrected chi connectivity index (χ0v) is 10.6. The summed E-state index contributed by atoms with van der Waals surface area (Å²) in [7, 11) is 1.79. The molecule has 0 atom stereocenters. The molecule has 0 bridgehead atoms. The maximum atomic E-state index is 4.17. The van der Waals surface area contributed by atoms with Crippen LogP contribution in [0, 0.1) is 0 Å². The first-order valence-electron chi connectivity index (χ1n) is 5.01. The van der Waals surface area contributed by atoms with Crippen LogP contribution in [-0.4, -0.2) is 18.5 Å². The molecule has 0 radical (unpaired) electrons. The van der Waals surface area contributed by atoms with Gasteiger partial charge in [0.25, 0.3) is 0 Å². The Morgan fingerprint density at radius 3 is 2.67 bits per heavy atom. The molecule has 1 rings (SSSR count). The highest BCUT2D eigenvalue weighted by Crippen LogP contribution is 2.05. The minimum absolute atomic E-state index is 0.0382. The molecule has 0 aromatic carbocycles. The predicted octanol–water partition coefficient (Wildman–Crippen LogP) is 2.21. The molecule has 1 aromatic rings. The third kappa shape index (κ3) is 4.83. The topological polar surface area (TPSA) is 36.4 Å². The van der Waals surface area contributed by atoms with Crippen LogP contribution in [0.1, 0.15) is 26.3 Å². The zero-order valence-electron chi connectivity index (χ0n) is 9.79. The SMILES string of the molecule is CN=C(NCc1ccsc1)NC(C)(C)C. The molecule has 0 unspecified atom stereocenters. The number of hydrogen-bond acceptors (Lipinski definition) is 2. The molecular formula is C11H19N3S. The summed E-state index contributed by atoms with van der Waals surface area (Å²) in [6.07, 6.45) is 0. The van der Waals surface area contributed by atoms with Gasteiger partial charge in [-0.2, -0.15) is 11.3 Å². The van der Waals surface area contributed by atoms with Gasteiger partial charge in [-0.1, -0.05) is 0 Å². The van der Waals surface area contributed by atoms with Crippen molar-refractivity contribution in [1.82, 2.24) is 10.6 Å². The van der Waals surface area contributed by atoms with Gasteiger partial charge in [-0.15, -0.1) is 0 Å². The maximum Gasteiger partial charge on any atom is 0.191 e. The van der Waals surface area contributed by atoms with Crippen LogP contribution in [0.25, 0.3) is 0 Å². The van der Waals surface area contributed by atoms with Gasteiger partial charge in [0.05, 0.1) is 0 Å². The van der Waals surface area contributed by atoms with Crippen molar-refractivity contribution in [2.24, 2.45) is 4.99 Å². The summed E-state index contributed by atoms with van der Waals surface area (Å²) in [5, 5.41) is 10.8. The van der Waals surface area contributed by atoms with Crippen LogP contribution in [0.5, 0.6) is 0 Å². The summed E-state index contributed by atoms with van der Waals surface area (Å²) in [5.41, 5.74) is 1.33. The molecule has 0 aliphatic heterocycles. The summed E-state index contributed by atoms with van der Waals surface area (Å²) in [5.74, 6) is 0.841. The average molecular weight is 225 g/mol. The van der Waals surface area contributed by atoms with Gasteiger partial charge in [0.1, 0.15) is 0 Å². The van der Waals surface area contributed by atoms with Crippen molar-refractivity contribution in [3.63, 3.8) is 0 Å². The number of rotatable bonds is 2. The van der Waals surface area contributed by atoms with Crippen molar-refractivity contribution in [2.75, 3.05) is 7.05 Å². The lowest BCUT2D eigenvalue weighted by atomic mass is 10.1. The molecule has 0 aliphatic rings. The second-order valence-corrected chi connectivity index (χ2v) is 5.21. The van der Waals surface area contributed by atoms with Crippen LogP contribution < -0.4 is 10.6 Å². The highest BCUT2D eigenvalue weighted by Gasteiger charge is 2.11. The molecule has 2 N–H and O–H groups in total. The first-order chi connectivity index (χ1) is 7.01. The highest BCUT2D eigenvalue weighted by molar-refractivity contribution is 7.07. The third-order valence-corrected chi connectivity index (χ3v) is 2.49. The predicted molar refractivity (Wildman–Crippen MR) is 67.4 cm³/mol. The van der Waals surface area contributed by atoms with Crippen LogP contribution in [0.15, 0.2) is 21.8 Å². The lowest BCUT2D eigenvalue weighted by Gasteiger charge is -2.23. The standard InChI is InChI=1S/C11H19N3S/c1-11(2,3)14-10(12-4)13-7-9-5-6-15-8-9/h5-6,8H,7H2,1-4H3,(H2,12,13,14). The summed E-state index contributed by atoms with van der Waals surface area (Å²) in [6.45, 7) is 7.17. The minimum atomic E-state index is 0.0382. The van der Waals surface area contributed by atoms with E-state index >= 15 is 0 Å². The Morgan fingerprint density at radius 1 is 1.47 bits per heavy atom. The molecule has 0 saturated carbocycles. The van der Waals surface area contributed by atoms with Crippen molar-refractivity contribution >= 4 is 17.3 Å². The molecule has 84 valence electrons. The smallest absolute Gasteiger partial charge is 0.191 e. The van der Waals surface area contributed by atoms with Gasteiger partial charge >= 0.3 is 0 Å². The molecule has 4 heteroatoms. The lowest BCUT2D eigenvalue weighted by Crippen LogP contribution is -2.47. The maximum absolute atomic E-state index is 4.17. The van der Waals surface area contributed by atoms with E-state index < -0.39 is 0 Å². The van der Waals surface area contributed by atoms with E-state index in [-0.39, 0.29) is 5.54 Å². The zero-order chi connectivity index (χ0) is 11.3. The van der Waals surface area contributed by atoms with Gasteiger partial charge in [0.15, 0.2) is 5.96 Å². The summed E-state index contributed by atoms with van der Waals surface area (Å²) < 4.78 is 0. The number of thiophene rings is 1. The molecule has 0 aliphatic carbocycles. The number of nitrogens with one attached hydrogen (secondary N) is 2. The number of nitrogens with zero attached hydrogens (tertiary/aromatic N) is 1. The molecule has 0 amide bonds. The molecule has 15 heavy (non-hydrogen) atoms. The van der Waals surface area contributed by atoms with Crippen LogP contribution in [0.3, 0.4) is 0 Å². The minimum Gasteiger partial charge on any atom is -0.352 e. The fourth-order valence-corrected chi connectivity index (χ4v) is 1.78. The van der Waals surface area contributed by atoms with Crippen molar-refractivity contribution in [3.05, 3.63) is 22.4 Å². The van der Waals surface area contributed by atoms with Gasteiger partial charge in [0, 0.05) is 19.1 Å². The normalized spacial score (nSPS) is 12.7. The summed E-state index contributed by atoms with van der Waals surface area (Å²) in [6, 6.07) is 2.11. The fraction of sp³-hybridized carbons (Fsp3) is 0.545. The first kappa shape index (κ1) is 12.0. The van der Waals surface area contributed by atoms with Gasteiger partial charge < -0.3 is 10.6 Å². The second-order valence-electron chi connectivity index (χ2n) is 4.43. The Labute approximate surface area is 95.6 Å². The quantitative estimate of drug-likeness (QED) is 0.598. The summed E-state index contributed by atoms with van der Waals surface area (Å²) >= 11 is 1.71. The Morgan fingerprint density at radius 2 is 2.20 bits per heavy atom. The molecule has 1 heterocycles. The Bertz CT molecular complexity index is 309. The van der Waals surface area contributed by atoms with Gasteiger partial charge in [0.2, 0.25) is 0 Å². The fourth-order valence-electron chi connectivity index (χ4n) is 1.11. The van der Waals surface area contributed by atoms with E-state index in [0.717, 1.165) is 12.5 Å². The molecular weight excluding hydrogens is 206 g/mol. The van der Waals surface area contributed by atoms with Gasteiger partial charge in [-0.25, -0.2) is 0 Å². The Kier molecular flexibility index (Phi) is 4.15. The van der Waals surface area contributed by atoms with E-state index in [1.54, 1.807) is 18.4 Å². The van der Waals surface area contributed by atoms with E-state index in [1.165, 1.54) is 5.56 Å². The molecule has 0 saturated heterocycles. The summed E-state index contributed by atoms with van der Waals surface area (Å²) in [4.78, 5) is 4.17. The van der Waals surface area contributed by atoms with E-state index in [9.17, 15) is 0 Å². The number of guanidine groups is 1. The lowest BCUT2D eigenvalue weighted by molar-refractivity contribution is 0.501. The number of hydrogen-bond donors (Lipinski definition) is 2. The molecule has 3 nitrogen and oxygen atoms in total. The largest absolute Gasteiger partial charge is 0.352 e. The highest BCUT2D eigenvalue weighted by atomic mass is 32.1. The third-order valence-electron chi connectivity index (χ3n) is 1.76. The Hall–Kier alpha value is -1.03. The van der Waals surface area contributed by atoms with Crippen molar-refractivity contribution in [3.8, 4) is 0 Å². The van der Waals surface area contributed by atoms with E-state index in [1.807, 2.05) is 0 Å². The van der Waals surface area contributed by atoms with Gasteiger partial charge in [-0.05, 0) is 43.2 Å². The van der Waals surface area contributed by atoms with Crippen LogP contribution in [0.4, 0.5) is 0 Å². The van der Waals surface area contributed by atoms with Crippen LogP contribution >= 0.6 is 11.3 Å². The first-order valence-corrected chi connectivity index (χ1v) is 5.95. The van der Waals surface area contributed by atoms with Crippen molar-refractivity contribution in [1.29, 1.82) is 0 Å². The molecule has 1 aromatic heterocycles. The van der Waals surface area contributed by atoms with E-state index in [4.69, 9.17) is 0 Å². The van der Waals surface area contributed by atoms with Crippen molar-refractivity contribution < 1.29 is 0 Å². The van der Waals surface area contributed by atoms with E-state index in [0.29, 0.717) is 0 Å². The monoisotopic (exact) mass is 225 g/mol. The second kappa shape index (κ2) is 5.16. The van der Waals surface area contributed by atoms with Crippen molar-refractivity contribution in [2.45, 2.75) is 32.9 Å². The van der Waals surface area contributed by atoms with E-state index in [2.05, 4.69) is 53.2 Å². The molecule has 0 spiro atoms. The number of aliphatic imine (C=N–C) groups is 1. The van der Waals surface area contributed by atoms with Crippen LogP contribution in [0.2, 0.25) is 0 Å². The van der Waals surface area contributed by atoms with Gasteiger partial charge in [-0.3, -0.25) is 4.99 Å². The molecule has 0 fully saturated rings. The van der Waals surface area contributed by atoms with Crippen LogP contribution in [-0.2, 0) is 6.54 Å².